The van der Waals surface area contributed by atoms with Crippen molar-refractivity contribution in [3.8, 4) is 0 Å². The smallest absolute Gasteiger partial charge is 0.309 e. The average Bonchev–Trinajstić information content (AvgIpc) is 2.75. The Bertz CT molecular complexity index is 599. The van der Waals surface area contributed by atoms with Gasteiger partial charge in [0, 0.05) is 32.7 Å². The summed E-state index contributed by atoms with van der Waals surface area (Å²) < 4.78 is 0. The molecule has 2 atom stereocenters. The Hall–Kier alpha value is -2.04. The zero-order chi connectivity index (χ0) is 15.1. The van der Waals surface area contributed by atoms with Gasteiger partial charge in [0.2, 0.25) is 5.91 Å². The van der Waals surface area contributed by atoms with E-state index in [0.29, 0.717) is 0 Å². The summed E-state index contributed by atoms with van der Waals surface area (Å²) in [6.45, 7) is 1.05. The van der Waals surface area contributed by atoms with Gasteiger partial charge in [-0.1, -0.05) is 12.1 Å². The van der Waals surface area contributed by atoms with E-state index < -0.39 is 11.9 Å². The number of nitrogens with zero attached hydrogens (tertiary/aromatic N) is 2. The Morgan fingerprint density at radius 2 is 2.10 bits per heavy atom. The molecule has 0 saturated carbocycles. The van der Waals surface area contributed by atoms with Gasteiger partial charge in [0.25, 0.3) is 0 Å². The lowest BCUT2D eigenvalue weighted by Crippen LogP contribution is -2.28. The van der Waals surface area contributed by atoms with Crippen molar-refractivity contribution in [2.45, 2.75) is 25.3 Å². The average molecular weight is 288 g/mol. The van der Waals surface area contributed by atoms with E-state index in [4.69, 9.17) is 0 Å². The van der Waals surface area contributed by atoms with Crippen molar-refractivity contribution < 1.29 is 14.7 Å². The summed E-state index contributed by atoms with van der Waals surface area (Å²) in [4.78, 5) is 27.1. The van der Waals surface area contributed by atoms with E-state index in [2.05, 4.69) is 24.1 Å². The van der Waals surface area contributed by atoms with Gasteiger partial charge in [-0.25, -0.2) is 0 Å². The number of carbonyl (C=O) groups is 2. The minimum atomic E-state index is -0.896. The molecule has 2 aliphatic heterocycles. The highest BCUT2D eigenvalue weighted by molar-refractivity contribution is 5.87. The molecular weight excluding hydrogens is 268 g/mol. The number of hydrogen-bond acceptors (Lipinski definition) is 3. The van der Waals surface area contributed by atoms with Crippen molar-refractivity contribution in [3.05, 3.63) is 29.3 Å². The lowest BCUT2D eigenvalue weighted by atomic mass is 9.90. The fourth-order valence-electron chi connectivity index (χ4n) is 3.54. The highest BCUT2D eigenvalue weighted by atomic mass is 16.4. The fourth-order valence-corrected chi connectivity index (χ4v) is 3.54. The molecule has 2 heterocycles. The number of rotatable bonds is 2. The van der Waals surface area contributed by atoms with Crippen molar-refractivity contribution in [2.75, 3.05) is 25.5 Å². The predicted molar refractivity (Wildman–Crippen MR) is 79.3 cm³/mol. The second kappa shape index (κ2) is 5.06. The number of aliphatic carboxylic acids is 1. The van der Waals surface area contributed by atoms with Gasteiger partial charge in [-0.3, -0.25) is 9.59 Å². The number of carbonyl (C=O) groups excluding carboxylic acids is 1. The molecule has 2 aliphatic rings. The minimum Gasteiger partial charge on any atom is -0.481 e. The van der Waals surface area contributed by atoms with Crippen molar-refractivity contribution >= 4 is 17.6 Å². The molecule has 0 spiro atoms. The number of fused-ring (bicyclic) bond motifs is 1. The highest BCUT2D eigenvalue weighted by Gasteiger charge is 2.43. The molecule has 21 heavy (non-hydrogen) atoms. The van der Waals surface area contributed by atoms with Gasteiger partial charge in [-0.2, -0.15) is 0 Å². The topological polar surface area (TPSA) is 60.9 Å². The van der Waals surface area contributed by atoms with E-state index in [-0.39, 0.29) is 18.4 Å². The van der Waals surface area contributed by atoms with Gasteiger partial charge in [0.1, 0.15) is 0 Å². The largest absolute Gasteiger partial charge is 0.481 e. The van der Waals surface area contributed by atoms with Crippen LogP contribution in [0.3, 0.4) is 0 Å². The van der Waals surface area contributed by atoms with Crippen LogP contribution in [-0.2, 0) is 16.0 Å². The Balaban J connectivity index is 1.99. The number of anilines is 1. The quantitative estimate of drug-likeness (QED) is 0.899. The van der Waals surface area contributed by atoms with Crippen molar-refractivity contribution in [1.29, 1.82) is 0 Å². The molecule has 2 unspecified atom stereocenters. The monoisotopic (exact) mass is 288 g/mol. The molecule has 0 aliphatic carbocycles. The first kappa shape index (κ1) is 13.9. The molecule has 1 saturated heterocycles. The molecule has 1 N–H and O–H groups in total. The Kier molecular flexibility index (Phi) is 3.35. The molecule has 3 rings (SSSR count). The number of benzene rings is 1. The van der Waals surface area contributed by atoms with Gasteiger partial charge in [0.15, 0.2) is 0 Å². The van der Waals surface area contributed by atoms with Crippen LogP contribution in [0.1, 0.15) is 30.0 Å². The van der Waals surface area contributed by atoms with E-state index in [1.165, 1.54) is 11.3 Å². The summed E-state index contributed by atoms with van der Waals surface area (Å²) in [6.07, 6.45) is 2.21. The van der Waals surface area contributed by atoms with Gasteiger partial charge >= 0.3 is 5.97 Å². The maximum absolute atomic E-state index is 11.9. The number of amides is 1. The summed E-state index contributed by atoms with van der Waals surface area (Å²) in [7, 11) is 3.77. The Labute approximate surface area is 124 Å². The van der Waals surface area contributed by atoms with E-state index >= 15 is 0 Å². The number of carboxylic acids is 1. The van der Waals surface area contributed by atoms with E-state index in [1.807, 2.05) is 6.07 Å². The van der Waals surface area contributed by atoms with Crippen LogP contribution in [0.5, 0.6) is 0 Å². The van der Waals surface area contributed by atoms with Crippen LogP contribution in [0.15, 0.2) is 18.2 Å². The lowest BCUT2D eigenvalue weighted by molar-refractivity contribution is -0.142. The predicted octanol–water partition coefficient (Wildman–Crippen LogP) is 1.67. The van der Waals surface area contributed by atoms with Crippen LogP contribution in [0.25, 0.3) is 0 Å². The first-order valence-electron chi connectivity index (χ1n) is 7.31. The van der Waals surface area contributed by atoms with Gasteiger partial charge < -0.3 is 14.9 Å². The molecule has 5 nitrogen and oxygen atoms in total. The second-order valence-corrected chi connectivity index (χ2v) is 6.01. The molecule has 5 heteroatoms. The maximum atomic E-state index is 11.9. The number of hydrogen-bond donors (Lipinski definition) is 1. The maximum Gasteiger partial charge on any atom is 0.309 e. The van der Waals surface area contributed by atoms with E-state index in [0.717, 1.165) is 24.9 Å². The highest BCUT2D eigenvalue weighted by Crippen LogP contribution is 2.39. The van der Waals surface area contributed by atoms with Crippen LogP contribution in [-0.4, -0.2) is 42.5 Å². The number of carboxylic acid groups (broad SMARTS) is 1. The van der Waals surface area contributed by atoms with Gasteiger partial charge in [-0.15, -0.1) is 0 Å². The van der Waals surface area contributed by atoms with E-state index in [1.54, 1.807) is 11.9 Å². The molecule has 0 radical (unpaired) electrons. The third kappa shape index (κ3) is 2.26. The normalized spacial score (nSPS) is 25.1. The van der Waals surface area contributed by atoms with Crippen LogP contribution < -0.4 is 4.90 Å². The van der Waals surface area contributed by atoms with Crippen molar-refractivity contribution in [1.82, 2.24) is 4.90 Å². The summed E-state index contributed by atoms with van der Waals surface area (Å²) in [6, 6.07) is 5.75. The SMILES string of the molecule is CN1CCCc2cc(C3C(C(=O)O)CC(=O)N3C)ccc21. The second-order valence-electron chi connectivity index (χ2n) is 6.01. The zero-order valence-corrected chi connectivity index (χ0v) is 12.4. The van der Waals surface area contributed by atoms with Crippen molar-refractivity contribution in [2.24, 2.45) is 5.92 Å². The van der Waals surface area contributed by atoms with Gasteiger partial charge in [0.05, 0.1) is 12.0 Å². The first-order chi connectivity index (χ1) is 9.99. The van der Waals surface area contributed by atoms with Gasteiger partial charge in [-0.05, 0) is 30.0 Å². The van der Waals surface area contributed by atoms with Crippen molar-refractivity contribution in [3.63, 3.8) is 0 Å². The molecule has 1 aromatic carbocycles. The molecule has 1 fully saturated rings. The molecule has 0 aromatic heterocycles. The number of aryl methyl sites for hydroxylation is 1. The van der Waals surface area contributed by atoms with Crippen LogP contribution in [0, 0.1) is 5.92 Å². The Morgan fingerprint density at radius 1 is 1.33 bits per heavy atom. The van der Waals surface area contributed by atoms with Crippen LogP contribution >= 0.6 is 0 Å². The minimum absolute atomic E-state index is 0.0908. The molecule has 0 bridgehead atoms. The summed E-state index contributed by atoms with van der Waals surface area (Å²) >= 11 is 0. The standard InChI is InChI=1S/C16H20N2O3/c1-17-7-3-4-10-8-11(5-6-13(10)17)15-12(16(20)21)9-14(19)18(15)2/h5-6,8,12,15H,3-4,7,9H2,1-2H3,(H,20,21). The molecule has 1 aromatic rings. The van der Waals surface area contributed by atoms with E-state index in [9.17, 15) is 14.7 Å². The fraction of sp³-hybridized carbons (Fsp3) is 0.500. The summed E-state index contributed by atoms with van der Waals surface area (Å²) in [5, 5.41) is 9.37. The third-order valence-electron chi connectivity index (χ3n) is 4.70. The molecular formula is C16H20N2O3. The zero-order valence-electron chi connectivity index (χ0n) is 12.4. The molecule has 1 amide bonds. The lowest BCUT2D eigenvalue weighted by Gasteiger charge is -2.30. The third-order valence-corrected chi connectivity index (χ3v) is 4.70. The summed E-state index contributed by atoms with van der Waals surface area (Å²) in [5.74, 6) is -1.64. The van der Waals surface area contributed by atoms with Crippen LogP contribution in [0.2, 0.25) is 0 Å². The molecule has 112 valence electrons. The van der Waals surface area contributed by atoms with Crippen LogP contribution in [0.4, 0.5) is 5.69 Å². The first-order valence-corrected chi connectivity index (χ1v) is 7.31. The number of likely N-dealkylation sites (tertiary alicyclic amines) is 1. The summed E-state index contributed by atoms with van der Waals surface area (Å²) in [5.41, 5.74) is 3.40. The Morgan fingerprint density at radius 3 is 2.81 bits per heavy atom.